The SMILES string of the molecule is COC(=O)C1CN(C(=O)[C@H](Cc2ccc(C)cc2)Nc2ccccc2[N+](=O)[O-])C1. The number of hydrogen-bond donors (Lipinski definition) is 1. The van der Waals surface area contributed by atoms with Crippen LogP contribution in [-0.2, 0) is 20.7 Å². The van der Waals surface area contributed by atoms with Gasteiger partial charge in [-0.05, 0) is 18.6 Å². The van der Waals surface area contributed by atoms with Crippen LogP contribution in [0.1, 0.15) is 11.1 Å². The van der Waals surface area contributed by atoms with Crippen LogP contribution >= 0.6 is 0 Å². The molecule has 1 saturated heterocycles. The first-order chi connectivity index (χ1) is 13.9. The van der Waals surface area contributed by atoms with Gasteiger partial charge in [-0.2, -0.15) is 0 Å². The van der Waals surface area contributed by atoms with E-state index in [0.717, 1.165) is 11.1 Å². The fraction of sp³-hybridized carbons (Fsp3) is 0.333. The van der Waals surface area contributed by atoms with Gasteiger partial charge in [0.25, 0.3) is 5.69 Å². The first kappa shape index (κ1) is 20.3. The summed E-state index contributed by atoms with van der Waals surface area (Å²) >= 11 is 0. The quantitative estimate of drug-likeness (QED) is 0.438. The maximum atomic E-state index is 13.1. The van der Waals surface area contributed by atoms with Crippen molar-refractivity contribution in [3.63, 3.8) is 0 Å². The number of benzene rings is 2. The van der Waals surface area contributed by atoms with Gasteiger partial charge in [0, 0.05) is 25.6 Å². The summed E-state index contributed by atoms with van der Waals surface area (Å²) in [5.41, 5.74) is 2.23. The number of likely N-dealkylation sites (tertiary alicyclic amines) is 1. The maximum Gasteiger partial charge on any atom is 0.312 e. The van der Waals surface area contributed by atoms with Gasteiger partial charge < -0.3 is 15.0 Å². The number of carbonyl (C=O) groups excluding carboxylic acids is 2. The standard InChI is InChI=1S/C21H23N3O5/c1-14-7-9-15(10-8-14)11-18(20(25)23-12-16(13-23)21(26)29-2)22-17-5-3-4-6-19(17)24(27)28/h3-10,16,18,22H,11-13H2,1-2H3/t18-/m0/s1. The Balaban J connectivity index is 1.80. The number of para-hydroxylation sites is 2. The lowest BCUT2D eigenvalue weighted by molar-refractivity contribution is -0.384. The fourth-order valence-corrected chi connectivity index (χ4v) is 3.30. The first-order valence-corrected chi connectivity index (χ1v) is 9.31. The highest BCUT2D eigenvalue weighted by atomic mass is 16.6. The second kappa shape index (κ2) is 8.72. The van der Waals surface area contributed by atoms with Gasteiger partial charge in [0.05, 0.1) is 18.0 Å². The Hall–Kier alpha value is -3.42. The number of carbonyl (C=O) groups is 2. The van der Waals surface area contributed by atoms with Crippen LogP contribution < -0.4 is 5.32 Å². The third-order valence-corrected chi connectivity index (χ3v) is 5.02. The predicted octanol–water partition coefficient (Wildman–Crippen LogP) is 2.56. The average Bonchev–Trinajstić information content (AvgIpc) is 2.67. The van der Waals surface area contributed by atoms with E-state index in [2.05, 4.69) is 5.32 Å². The minimum absolute atomic E-state index is 0.0924. The van der Waals surface area contributed by atoms with Crippen molar-refractivity contribution in [2.75, 3.05) is 25.5 Å². The van der Waals surface area contributed by atoms with E-state index in [4.69, 9.17) is 4.74 Å². The van der Waals surface area contributed by atoms with Gasteiger partial charge in [-0.3, -0.25) is 19.7 Å². The van der Waals surface area contributed by atoms with E-state index in [1.54, 1.807) is 23.1 Å². The highest BCUT2D eigenvalue weighted by Gasteiger charge is 2.39. The molecule has 29 heavy (non-hydrogen) atoms. The van der Waals surface area contributed by atoms with Gasteiger partial charge in [-0.15, -0.1) is 0 Å². The number of esters is 1. The van der Waals surface area contributed by atoms with E-state index in [9.17, 15) is 19.7 Å². The lowest BCUT2D eigenvalue weighted by atomic mass is 9.96. The Kier molecular flexibility index (Phi) is 6.11. The monoisotopic (exact) mass is 397 g/mol. The lowest BCUT2D eigenvalue weighted by Crippen LogP contribution is -2.57. The van der Waals surface area contributed by atoms with Gasteiger partial charge in [-0.25, -0.2) is 0 Å². The van der Waals surface area contributed by atoms with Crippen molar-refractivity contribution in [2.45, 2.75) is 19.4 Å². The third kappa shape index (κ3) is 4.71. The van der Waals surface area contributed by atoms with Crippen LogP contribution in [0.5, 0.6) is 0 Å². The summed E-state index contributed by atoms with van der Waals surface area (Å²) in [6.07, 6.45) is 0.366. The molecule has 2 aromatic rings. The van der Waals surface area contributed by atoms with Crippen LogP contribution in [0, 0.1) is 23.0 Å². The first-order valence-electron chi connectivity index (χ1n) is 9.31. The molecule has 0 radical (unpaired) electrons. The number of nitrogens with one attached hydrogen (secondary N) is 1. The molecule has 0 saturated carbocycles. The molecule has 2 aromatic carbocycles. The van der Waals surface area contributed by atoms with Crippen LogP contribution in [-0.4, -0.2) is 47.9 Å². The number of hydrogen-bond acceptors (Lipinski definition) is 6. The van der Waals surface area contributed by atoms with Crippen molar-refractivity contribution < 1.29 is 19.2 Å². The molecule has 0 bridgehead atoms. The van der Waals surface area contributed by atoms with Crippen LogP contribution in [0.25, 0.3) is 0 Å². The molecular formula is C21H23N3O5. The molecule has 1 heterocycles. The van der Waals surface area contributed by atoms with Crippen molar-refractivity contribution in [3.05, 3.63) is 69.8 Å². The van der Waals surface area contributed by atoms with E-state index < -0.39 is 11.0 Å². The molecule has 1 atom stereocenters. The molecule has 0 spiro atoms. The van der Waals surface area contributed by atoms with E-state index in [0.29, 0.717) is 6.42 Å². The average molecular weight is 397 g/mol. The zero-order valence-corrected chi connectivity index (χ0v) is 16.3. The topological polar surface area (TPSA) is 102 Å². The number of ether oxygens (including phenoxy) is 1. The Morgan fingerprint density at radius 2 is 1.86 bits per heavy atom. The zero-order valence-electron chi connectivity index (χ0n) is 16.3. The number of aryl methyl sites for hydroxylation is 1. The van der Waals surface area contributed by atoms with E-state index in [-0.39, 0.29) is 42.3 Å². The van der Waals surface area contributed by atoms with Gasteiger partial charge in [0.2, 0.25) is 5.91 Å². The molecule has 1 N–H and O–H groups in total. The zero-order chi connectivity index (χ0) is 21.0. The van der Waals surface area contributed by atoms with Crippen LogP contribution in [0.4, 0.5) is 11.4 Å². The number of nitro groups is 1. The summed E-state index contributed by atoms with van der Waals surface area (Å²) < 4.78 is 4.72. The largest absolute Gasteiger partial charge is 0.469 e. The molecule has 0 aliphatic carbocycles. The third-order valence-electron chi connectivity index (χ3n) is 5.02. The molecule has 1 aliphatic rings. The molecule has 0 aromatic heterocycles. The van der Waals surface area contributed by atoms with Crippen molar-refractivity contribution in [1.29, 1.82) is 0 Å². The Labute approximate surface area is 168 Å². The summed E-state index contributed by atoms with van der Waals surface area (Å²) in [6.45, 7) is 2.55. The van der Waals surface area contributed by atoms with Gasteiger partial charge in [0.1, 0.15) is 11.7 Å². The normalized spacial score (nSPS) is 14.6. The van der Waals surface area contributed by atoms with Crippen molar-refractivity contribution >= 4 is 23.3 Å². The Bertz CT molecular complexity index is 907. The minimum atomic E-state index is -0.697. The fourth-order valence-electron chi connectivity index (χ4n) is 3.30. The van der Waals surface area contributed by atoms with Crippen LogP contribution in [0.3, 0.4) is 0 Å². The van der Waals surface area contributed by atoms with Gasteiger partial charge >= 0.3 is 5.97 Å². The number of nitrogens with zero attached hydrogens (tertiary/aromatic N) is 2. The van der Waals surface area contributed by atoms with Gasteiger partial charge in [0.15, 0.2) is 0 Å². The molecule has 1 aliphatic heterocycles. The highest BCUT2D eigenvalue weighted by molar-refractivity contribution is 5.88. The molecular weight excluding hydrogens is 374 g/mol. The molecule has 8 heteroatoms. The van der Waals surface area contributed by atoms with E-state index in [1.165, 1.54) is 13.2 Å². The summed E-state index contributed by atoms with van der Waals surface area (Å²) in [5, 5.41) is 14.4. The smallest absolute Gasteiger partial charge is 0.312 e. The molecule has 8 nitrogen and oxygen atoms in total. The second-order valence-corrected chi connectivity index (χ2v) is 7.12. The molecule has 1 fully saturated rings. The maximum absolute atomic E-state index is 13.1. The number of amides is 1. The predicted molar refractivity (Wildman–Crippen MR) is 107 cm³/mol. The number of methoxy groups -OCH3 is 1. The van der Waals surface area contributed by atoms with Crippen LogP contribution in [0.15, 0.2) is 48.5 Å². The Morgan fingerprint density at radius 3 is 2.48 bits per heavy atom. The van der Waals surface area contributed by atoms with Crippen molar-refractivity contribution in [3.8, 4) is 0 Å². The van der Waals surface area contributed by atoms with Crippen molar-refractivity contribution in [2.24, 2.45) is 5.92 Å². The molecule has 3 rings (SSSR count). The lowest BCUT2D eigenvalue weighted by Gasteiger charge is -2.39. The van der Waals surface area contributed by atoms with Crippen LogP contribution in [0.2, 0.25) is 0 Å². The second-order valence-electron chi connectivity index (χ2n) is 7.12. The van der Waals surface area contributed by atoms with E-state index >= 15 is 0 Å². The number of nitro benzene ring substituents is 1. The summed E-state index contributed by atoms with van der Waals surface area (Å²) in [4.78, 5) is 37.1. The summed E-state index contributed by atoms with van der Waals surface area (Å²) in [5.74, 6) is -0.866. The van der Waals surface area contributed by atoms with Gasteiger partial charge in [-0.1, -0.05) is 42.0 Å². The Morgan fingerprint density at radius 1 is 1.21 bits per heavy atom. The van der Waals surface area contributed by atoms with Crippen molar-refractivity contribution in [1.82, 2.24) is 4.90 Å². The molecule has 152 valence electrons. The minimum Gasteiger partial charge on any atom is -0.469 e. The summed E-state index contributed by atoms with van der Waals surface area (Å²) in [6, 6.07) is 13.3. The molecule has 0 unspecified atom stereocenters. The number of rotatable bonds is 7. The van der Waals surface area contributed by atoms with E-state index in [1.807, 2.05) is 31.2 Å². The highest BCUT2D eigenvalue weighted by Crippen LogP contribution is 2.26. The summed E-state index contributed by atoms with van der Waals surface area (Å²) in [7, 11) is 1.32. The number of anilines is 1. The molecule has 1 amide bonds.